The molecule has 0 radical (unpaired) electrons. The van der Waals surface area contributed by atoms with Gasteiger partial charge in [0.2, 0.25) is 0 Å². The predicted octanol–water partition coefficient (Wildman–Crippen LogP) is 1.70. The zero-order valence-corrected chi connectivity index (χ0v) is 12.9. The maximum absolute atomic E-state index is 10.9. The zero-order chi connectivity index (χ0) is 15.2. The average Bonchev–Trinajstić information content (AvgIpc) is 2.46. The molecule has 1 N–H and O–H groups in total. The van der Waals surface area contributed by atoms with E-state index >= 15 is 0 Å². The van der Waals surface area contributed by atoms with Gasteiger partial charge in [-0.2, -0.15) is 0 Å². The Balaban J connectivity index is 1.95. The van der Waals surface area contributed by atoms with Gasteiger partial charge in [0.1, 0.15) is 0 Å². The van der Waals surface area contributed by atoms with Crippen LogP contribution >= 0.6 is 0 Å². The van der Waals surface area contributed by atoms with Gasteiger partial charge in [-0.05, 0) is 45.0 Å². The van der Waals surface area contributed by atoms with Crippen molar-refractivity contribution in [2.75, 3.05) is 27.2 Å². The minimum absolute atomic E-state index is 0.256. The van der Waals surface area contributed by atoms with E-state index in [1.165, 1.54) is 0 Å². The molecule has 0 unspecified atom stereocenters. The summed E-state index contributed by atoms with van der Waals surface area (Å²) in [4.78, 5) is 19.9. The summed E-state index contributed by atoms with van der Waals surface area (Å²) in [6.45, 7) is 2.85. The van der Waals surface area contributed by atoms with E-state index in [-0.39, 0.29) is 6.42 Å². The summed E-state index contributed by atoms with van der Waals surface area (Å²) in [5.41, 5.74) is 1.08. The SMILES string of the molecule is CN(C)[C@@H]1CCN(Cc2ccccn2)C[C@@H]1CCC(=O)O. The lowest BCUT2D eigenvalue weighted by Crippen LogP contribution is -2.48. The van der Waals surface area contributed by atoms with Crippen molar-refractivity contribution < 1.29 is 9.90 Å². The third-order valence-corrected chi connectivity index (χ3v) is 4.28. The molecule has 1 aliphatic rings. The van der Waals surface area contributed by atoms with Crippen molar-refractivity contribution in [2.24, 2.45) is 5.92 Å². The summed E-state index contributed by atoms with van der Waals surface area (Å²) >= 11 is 0. The van der Waals surface area contributed by atoms with E-state index in [9.17, 15) is 4.79 Å². The summed E-state index contributed by atoms with van der Waals surface area (Å²) in [6, 6.07) is 6.46. The molecule has 1 aliphatic heterocycles. The highest BCUT2D eigenvalue weighted by Gasteiger charge is 2.30. The number of carboxylic acids is 1. The summed E-state index contributed by atoms with van der Waals surface area (Å²) in [5.74, 6) is -0.289. The molecule has 0 aromatic carbocycles. The van der Waals surface area contributed by atoms with Gasteiger partial charge < -0.3 is 10.0 Å². The molecular weight excluding hydrogens is 266 g/mol. The van der Waals surface area contributed by atoms with Crippen LogP contribution in [0.15, 0.2) is 24.4 Å². The largest absolute Gasteiger partial charge is 0.481 e. The van der Waals surface area contributed by atoms with E-state index in [1.807, 2.05) is 24.4 Å². The number of aromatic nitrogens is 1. The van der Waals surface area contributed by atoms with Crippen molar-refractivity contribution in [2.45, 2.75) is 31.8 Å². The number of hydrogen-bond acceptors (Lipinski definition) is 4. The minimum Gasteiger partial charge on any atom is -0.481 e. The maximum Gasteiger partial charge on any atom is 0.303 e. The number of nitrogens with zero attached hydrogens (tertiary/aromatic N) is 3. The van der Waals surface area contributed by atoms with Gasteiger partial charge in [0, 0.05) is 38.3 Å². The molecule has 5 nitrogen and oxygen atoms in total. The van der Waals surface area contributed by atoms with Crippen LogP contribution in [-0.4, -0.2) is 59.1 Å². The van der Waals surface area contributed by atoms with E-state index in [4.69, 9.17) is 5.11 Å². The second-order valence-electron chi connectivity index (χ2n) is 6.07. The van der Waals surface area contributed by atoms with Crippen LogP contribution in [0.5, 0.6) is 0 Å². The number of piperidine rings is 1. The molecule has 116 valence electrons. The summed E-state index contributed by atoms with van der Waals surface area (Å²) in [7, 11) is 4.18. The Kier molecular flexibility index (Phi) is 5.70. The number of aliphatic carboxylic acids is 1. The molecule has 2 rings (SSSR count). The summed E-state index contributed by atoms with van der Waals surface area (Å²) < 4.78 is 0. The molecule has 1 fully saturated rings. The fraction of sp³-hybridized carbons (Fsp3) is 0.625. The Hall–Kier alpha value is -1.46. The van der Waals surface area contributed by atoms with Crippen LogP contribution in [0.1, 0.15) is 25.0 Å². The number of carbonyl (C=O) groups is 1. The molecule has 1 aromatic rings. The van der Waals surface area contributed by atoms with Crippen LogP contribution in [0, 0.1) is 5.92 Å². The van der Waals surface area contributed by atoms with Gasteiger partial charge in [0.25, 0.3) is 0 Å². The smallest absolute Gasteiger partial charge is 0.303 e. The van der Waals surface area contributed by atoms with Gasteiger partial charge in [-0.25, -0.2) is 0 Å². The molecule has 0 saturated carbocycles. The first-order chi connectivity index (χ1) is 10.1. The molecule has 0 aliphatic carbocycles. The van der Waals surface area contributed by atoms with Crippen molar-refractivity contribution >= 4 is 5.97 Å². The van der Waals surface area contributed by atoms with Crippen LogP contribution in [0.3, 0.4) is 0 Å². The Morgan fingerprint density at radius 3 is 2.90 bits per heavy atom. The van der Waals surface area contributed by atoms with Crippen molar-refractivity contribution in [3.63, 3.8) is 0 Å². The number of pyridine rings is 1. The molecule has 1 aromatic heterocycles. The molecule has 2 heterocycles. The quantitative estimate of drug-likeness (QED) is 0.864. The molecular formula is C16H25N3O2. The highest BCUT2D eigenvalue weighted by Crippen LogP contribution is 2.25. The van der Waals surface area contributed by atoms with Crippen molar-refractivity contribution in [3.05, 3.63) is 30.1 Å². The van der Waals surface area contributed by atoms with Crippen LogP contribution < -0.4 is 0 Å². The first-order valence-electron chi connectivity index (χ1n) is 7.56. The third kappa shape index (κ3) is 4.79. The van der Waals surface area contributed by atoms with Gasteiger partial charge in [-0.1, -0.05) is 6.07 Å². The Bertz CT molecular complexity index is 450. The van der Waals surface area contributed by atoms with Crippen molar-refractivity contribution in [3.8, 4) is 0 Å². The van der Waals surface area contributed by atoms with E-state index in [1.54, 1.807) is 0 Å². The molecule has 0 spiro atoms. The predicted molar refractivity (Wildman–Crippen MR) is 82.0 cm³/mol. The number of hydrogen-bond donors (Lipinski definition) is 1. The third-order valence-electron chi connectivity index (χ3n) is 4.28. The molecule has 2 atom stereocenters. The van der Waals surface area contributed by atoms with E-state index in [2.05, 4.69) is 28.9 Å². The van der Waals surface area contributed by atoms with Gasteiger partial charge in [-0.3, -0.25) is 14.7 Å². The Labute approximate surface area is 126 Å². The molecule has 21 heavy (non-hydrogen) atoms. The van der Waals surface area contributed by atoms with E-state index in [0.717, 1.165) is 38.2 Å². The Morgan fingerprint density at radius 2 is 2.29 bits per heavy atom. The molecule has 1 saturated heterocycles. The van der Waals surface area contributed by atoms with E-state index < -0.39 is 5.97 Å². The van der Waals surface area contributed by atoms with Crippen LogP contribution in [-0.2, 0) is 11.3 Å². The second kappa shape index (κ2) is 7.52. The zero-order valence-electron chi connectivity index (χ0n) is 12.9. The molecule has 0 bridgehead atoms. The fourth-order valence-corrected chi connectivity index (χ4v) is 3.23. The number of carboxylic acid groups (broad SMARTS) is 1. The Morgan fingerprint density at radius 1 is 1.48 bits per heavy atom. The van der Waals surface area contributed by atoms with Gasteiger partial charge in [0.05, 0.1) is 5.69 Å². The number of likely N-dealkylation sites (tertiary alicyclic amines) is 1. The van der Waals surface area contributed by atoms with Gasteiger partial charge in [0.15, 0.2) is 0 Å². The molecule has 5 heteroatoms. The normalized spacial score (nSPS) is 23.4. The lowest BCUT2D eigenvalue weighted by Gasteiger charge is -2.41. The van der Waals surface area contributed by atoms with E-state index in [0.29, 0.717) is 12.0 Å². The second-order valence-corrected chi connectivity index (χ2v) is 6.07. The highest BCUT2D eigenvalue weighted by atomic mass is 16.4. The van der Waals surface area contributed by atoms with Crippen molar-refractivity contribution in [1.29, 1.82) is 0 Å². The number of rotatable bonds is 6. The summed E-state index contributed by atoms with van der Waals surface area (Å²) in [5, 5.41) is 8.93. The van der Waals surface area contributed by atoms with Crippen LogP contribution in [0.25, 0.3) is 0 Å². The first kappa shape index (κ1) is 15.9. The standard InChI is InChI=1S/C16H25N3O2/c1-18(2)15-8-10-19(11-13(15)6-7-16(20)21)12-14-5-3-4-9-17-14/h3-5,9,13,15H,6-8,10-12H2,1-2H3,(H,20,21)/t13-,15+/m0/s1. The maximum atomic E-state index is 10.9. The highest BCUT2D eigenvalue weighted by molar-refractivity contribution is 5.66. The average molecular weight is 291 g/mol. The minimum atomic E-state index is -0.700. The molecule has 0 amide bonds. The summed E-state index contributed by atoms with van der Waals surface area (Å²) in [6.07, 6.45) is 3.91. The first-order valence-corrected chi connectivity index (χ1v) is 7.56. The lowest BCUT2D eigenvalue weighted by molar-refractivity contribution is -0.137. The van der Waals surface area contributed by atoms with Gasteiger partial charge in [-0.15, -0.1) is 0 Å². The van der Waals surface area contributed by atoms with Crippen LogP contribution in [0.2, 0.25) is 0 Å². The monoisotopic (exact) mass is 291 g/mol. The topological polar surface area (TPSA) is 56.7 Å². The van der Waals surface area contributed by atoms with Gasteiger partial charge >= 0.3 is 5.97 Å². The van der Waals surface area contributed by atoms with Crippen LogP contribution in [0.4, 0.5) is 0 Å². The fourth-order valence-electron chi connectivity index (χ4n) is 3.23. The lowest BCUT2D eigenvalue weighted by atomic mass is 9.87. The van der Waals surface area contributed by atoms with Crippen molar-refractivity contribution in [1.82, 2.24) is 14.8 Å².